The number of aryl methyl sites for hydroxylation is 1. The molecule has 0 bridgehead atoms. The molecular weight excluding hydrogens is 406 g/mol. The minimum absolute atomic E-state index is 0.183. The van der Waals surface area contributed by atoms with Gasteiger partial charge in [0.1, 0.15) is 14.7 Å². The molecule has 0 atom stereocenters. The van der Waals surface area contributed by atoms with E-state index < -0.39 is 5.97 Å². The maximum atomic E-state index is 12.6. The van der Waals surface area contributed by atoms with Gasteiger partial charge < -0.3 is 4.74 Å². The fourth-order valence-corrected chi connectivity index (χ4v) is 4.56. The third kappa shape index (κ3) is 3.85. The second kappa shape index (κ2) is 8.02. The van der Waals surface area contributed by atoms with E-state index in [0.717, 1.165) is 21.7 Å². The van der Waals surface area contributed by atoms with Crippen molar-refractivity contribution >= 4 is 50.7 Å². The van der Waals surface area contributed by atoms with Crippen molar-refractivity contribution in [1.82, 2.24) is 15.0 Å². The summed E-state index contributed by atoms with van der Waals surface area (Å²) < 4.78 is 4.80. The van der Waals surface area contributed by atoms with Crippen molar-refractivity contribution in [3.63, 3.8) is 0 Å². The number of esters is 1. The number of carbonyl (C=O) groups is 2. The van der Waals surface area contributed by atoms with Gasteiger partial charge in [-0.05, 0) is 42.8 Å². The molecular formula is C21H15N3O3S2. The van der Waals surface area contributed by atoms with Crippen LogP contribution in [-0.2, 0) is 4.74 Å². The highest BCUT2D eigenvalue weighted by Crippen LogP contribution is 2.30. The number of hydrogen-bond donors (Lipinski definition) is 0. The van der Waals surface area contributed by atoms with Crippen LogP contribution < -0.4 is 0 Å². The van der Waals surface area contributed by atoms with Gasteiger partial charge in [0.15, 0.2) is 5.78 Å². The predicted octanol–water partition coefficient (Wildman–Crippen LogP) is 4.81. The number of hydrogen-bond acceptors (Lipinski definition) is 8. The molecule has 0 spiro atoms. The lowest BCUT2D eigenvalue weighted by molar-refractivity contribution is 0.0605. The summed E-state index contributed by atoms with van der Waals surface area (Å²) in [5.74, 6) is -0.581. The van der Waals surface area contributed by atoms with Crippen molar-refractivity contribution in [3.05, 3.63) is 69.8 Å². The number of allylic oxidation sites excluding steroid dienone is 1. The zero-order valence-corrected chi connectivity index (χ0v) is 17.2. The molecule has 0 unspecified atom stereocenters. The van der Waals surface area contributed by atoms with E-state index in [0.29, 0.717) is 21.0 Å². The van der Waals surface area contributed by atoms with Crippen molar-refractivity contribution < 1.29 is 14.3 Å². The van der Waals surface area contributed by atoms with Gasteiger partial charge in [-0.1, -0.05) is 6.07 Å². The smallest absolute Gasteiger partial charge is 0.348 e. The molecule has 8 heteroatoms. The Morgan fingerprint density at radius 2 is 2.07 bits per heavy atom. The van der Waals surface area contributed by atoms with E-state index in [9.17, 15) is 9.59 Å². The van der Waals surface area contributed by atoms with Gasteiger partial charge in [-0.25, -0.2) is 14.8 Å². The molecule has 0 aromatic carbocycles. The topological polar surface area (TPSA) is 82.0 Å². The third-order valence-corrected chi connectivity index (χ3v) is 6.34. The minimum Gasteiger partial charge on any atom is -0.465 e. The Bertz CT molecular complexity index is 1240. The fourth-order valence-electron chi connectivity index (χ4n) is 2.75. The van der Waals surface area contributed by atoms with Crippen LogP contribution in [0, 0.1) is 6.92 Å². The number of aromatic nitrogens is 3. The number of ketones is 1. The standard InChI is InChI=1S/C21H15N3O3S2/c1-12-15-9-13(10-23-19(15)29-18(12)21(26)27-2)17(25)7-6-14-11-28-20(24-14)16-5-3-4-8-22-16/h3-11H,1-2H3/b7-6-. The van der Waals surface area contributed by atoms with Crippen LogP contribution in [0.2, 0.25) is 0 Å². The summed E-state index contributed by atoms with van der Waals surface area (Å²) in [6, 6.07) is 7.41. The van der Waals surface area contributed by atoms with Crippen LogP contribution in [-0.4, -0.2) is 33.8 Å². The molecule has 144 valence electrons. The van der Waals surface area contributed by atoms with Crippen LogP contribution in [0.4, 0.5) is 0 Å². The van der Waals surface area contributed by atoms with Gasteiger partial charge >= 0.3 is 5.97 Å². The SMILES string of the molecule is COC(=O)c1sc2ncc(C(=O)/C=C\c3csc(-c4ccccn4)n3)cc2c1C. The monoisotopic (exact) mass is 421 g/mol. The molecule has 0 amide bonds. The quantitative estimate of drug-likeness (QED) is 0.261. The van der Waals surface area contributed by atoms with Crippen molar-refractivity contribution in [2.45, 2.75) is 6.92 Å². The van der Waals surface area contributed by atoms with Gasteiger partial charge in [0.2, 0.25) is 0 Å². The minimum atomic E-state index is -0.398. The molecule has 0 aliphatic heterocycles. The van der Waals surface area contributed by atoms with E-state index >= 15 is 0 Å². The second-order valence-electron chi connectivity index (χ2n) is 6.11. The Morgan fingerprint density at radius 1 is 1.21 bits per heavy atom. The highest BCUT2D eigenvalue weighted by atomic mass is 32.1. The largest absolute Gasteiger partial charge is 0.465 e. The lowest BCUT2D eigenvalue weighted by Crippen LogP contribution is -1.99. The number of thiophene rings is 1. The first kappa shape index (κ1) is 19.1. The number of rotatable bonds is 5. The highest BCUT2D eigenvalue weighted by molar-refractivity contribution is 7.20. The van der Waals surface area contributed by atoms with E-state index in [-0.39, 0.29) is 5.78 Å². The predicted molar refractivity (Wildman–Crippen MR) is 114 cm³/mol. The number of ether oxygens (including phenoxy) is 1. The van der Waals surface area contributed by atoms with Crippen LogP contribution in [0.5, 0.6) is 0 Å². The number of carbonyl (C=O) groups excluding carboxylic acids is 2. The lowest BCUT2D eigenvalue weighted by atomic mass is 10.1. The average molecular weight is 422 g/mol. The molecule has 0 fully saturated rings. The van der Waals surface area contributed by atoms with Gasteiger partial charge in [0, 0.05) is 28.7 Å². The number of thiazole rings is 1. The van der Waals surface area contributed by atoms with Crippen molar-refractivity contribution in [1.29, 1.82) is 0 Å². The molecule has 0 saturated carbocycles. The highest BCUT2D eigenvalue weighted by Gasteiger charge is 2.17. The normalized spacial score (nSPS) is 11.2. The van der Waals surface area contributed by atoms with E-state index in [2.05, 4.69) is 15.0 Å². The third-order valence-electron chi connectivity index (χ3n) is 4.26. The van der Waals surface area contributed by atoms with Gasteiger partial charge in [0.05, 0.1) is 18.5 Å². The first-order valence-electron chi connectivity index (χ1n) is 8.63. The zero-order valence-electron chi connectivity index (χ0n) is 15.6. The molecule has 4 aromatic rings. The Kier molecular flexibility index (Phi) is 5.28. The van der Waals surface area contributed by atoms with Crippen molar-refractivity contribution in [2.75, 3.05) is 7.11 Å². The van der Waals surface area contributed by atoms with E-state index in [1.807, 2.05) is 30.5 Å². The lowest BCUT2D eigenvalue weighted by Gasteiger charge is -1.98. The van der Waals surface area contributed by atoms with E-state index in [1.54, 1.807) is 18.3 Å². The molecule has 0 aliphatic rings. The number of pyridine rings is 2. The Labute approximate surface area is 174 Å². The summed E-state index contributed by atoms with van der Waals surface area (Å²) in [5, 5.41) is 3.45. The van der Waals surface area contributed by atoms with Crippen molar-refractivity contribution in [3.8, 4) is 10.7 Å². The maximum absolute atomic E-state index is 12.6. The molecule has 6 nitrogen and oxygen atoms in total. The molecule has 0 N–H and O–H groups in total. The van der Waals surface area contributed by atoms with E-state index in [1.165, 1.54) is 42.1 Å². The van der Waals surface area contributed by atoms with Crippen LogP contribution in [0.3, 0.4) is 0 Å². The first-order chi connectivity index (χ1) is 14.1. The summed E-state index contributed by atoms with van der Waals surface area (Å²) in [5.41, 5.74) is 2.71. The van der Waals surface area contributed by atoms with E-state index in [4.69, 9.17) is 4.74 Å². The summed E-state index contributed by atoms with van der Waals surface area (Å²) >= 11 is 2.73. The molecule has 4 aromatic heterocycles. The van der Waals surface area contributed by atoms with Crippen molar-refractivity contribution in [2.24, 2.45) is 0 Å². The van der Waals surface area contributed by atoms with Gasteiger partial charge in [-0.15, -0.1) is 22.7 Å². The summed E-state index contributed by atoms with van der Waals surface area (Å²) in [6.07, 6.45) is 6.39. The molecule has 29 heavy (non-hydrogen) atoms. The Hall–Kier alpha value is -3.23. The van der Waals surface area contributed by atoms with Crippen LogP contribution >= 0.6 is 22.7 Å². The molecule has 0 aliphatic carbocycles. The number of fused-ring (bicyclic) bond motifs is 1. The summed E-state index contributed by atoms with van der Waals surface area (Å²) in [6.45, 7) is 1.82. The zero-order chi connectivity index (χ0) is 20.4. The van der Waals surface area contributed by atoms with Gasteiger partial charge in [-0.2, -0.15) is 0 Å². The summed E-state index contributed by atoms with van der Waals surface area (Å²) in [4.78, 5) is 38.8. The average Bonchev–Trinajstić information content (AvgIpc) is 3.37. The number of nitrogens with zero attached hydrogens (tertiary/aromatic N) is 3. The van der Waals surface area contributed by atoms with Crippen LogP contribution in [0.25, 0.3) is 27.0 Å². The summed E-state index contributed by atoms with van der Waals surface area (Å²) in [7, 11) is 1.34. The first-order valence-corrected chi connectivity index (χ1v) is 10.3. The molecule has 0 saturated heterocycles. The van der Waals surface area contributed by atoms with Gasteiger partial charge in [0.25, 0.3) is 0 Å². The molecule has 4 rings (SSSR count). The molecule has 0 radical (unpaired) electrons. The Balaban J connectivity index is 1.57. The maximum Gasteiger partial charge on any atom is 0.348 e. The van der Waals surface area contributed by atoms with Crippen LogP contribution in [0.15, 0.2) is 48.1 Å². The fraction of sp³-hybridized carbons (Fsp3) is 0.0952. The molecule has 4 heterocycles. The second-order valence-corrected chi connectivity index (χ2v) is 7.97. The Morgan fingerprint density at radius 3 is 2.83 bits per heavy atom. The van der Waals surface area contributed by atoms with Crippen LogP contribution in [0.1, 0.15) is 31.3 Å². The van der Waals surface area contributed by atoms with Gasteiger partial charge in [-0.3, -0.25) is 9.78 Å². The number of methoxy groups -OCH3 is 1.